The maximum atomic E-state index is 13.0. The van der Waals surface area contributed by atoms with Gasteiger partial charge >= 0.3 is 0 Å². The summed E-state index contributed by atoms with van der Waals surface area (Å²) in [5.41, 5.74) is 4.10. The van der Waals surface area contributed by atoms with Crippen molar-refractivity contribution in [1.29, 1.82) is 0 Å². The zero-order valence-corrected chi connectivity index (χ0v) is 20.4. The number of benzene rings is 3. The number of hydrogen-bond donors (Lipinski definition) is 3. The summed E-state index contributed by atoms with van der Waals surface area (Å²) in [4.78, 5) is 25.8. The maximum Gasteiger partial charge on any atom is 0.251 e. The van der Waals surface area contributed by atoms with Gasteiger partial charge in [-0.2, -0.15) is 0 Å². The van der Waals surface area contributed by atoms with Gasteiger partial charge in [0.05, 0.1) is 0 Å². The van der Waals surface area contributed by atoms with Crippen LogP contribution in [-0.4, -0.2) is 30.4 Å². The summed E-state index contributed by atoms with van der Waals surface area (Å²) in [6.45, 7) is 3.35. The van der Waals surface area contributed by atoms with E-state index in [1.165, 1.54) is 12.0 Å². The molecule has 1 fully saturated rings. The first-order valence-electron chi connectivity index (χ1n) is 12.6. The molecule has 1 aliphatic rings. The van der Waals surface area contributed by atoms with E-state index in [4.69, 9.17) is 0 Å². The van der Waals surface area contributed by atoms with E-state index in [2.05, 4.69) is 46.3 Å². The molecule has 0 saturated heterocycles. The number of unbranched alkanes of at least 4 members (excludes halogenated alkanes) is 1. The van der Waals surface area contributed by atoms with E-state index in [1.54, 1.807) is 12.1 Å². The molecular formula is C30H35N3O2. The SMILES string of the molecule is Cc1ccc(C(=O)N[C@@H](CCCCN[C@@H]2C[C@H]2c2ccccc2)C(=O)NCc2ccccc2)cc1. The van der Waals surface area contributed by atoms with E-state index < -0.39 is 6.04 Å². The van der Waals surface area contributed by atoms with Crippen molar-refractivity contribution in [3.63, 3.8) is 0 Å². The van der Waals surface area contributed by atoms with E-state index in [1.807, 2.05) is 49.4 Å². The number of rotatable bonds is 12. The second kappa shape index (κ2) is 12.3. The molecular weight excluding hydrogens is 434 g/mol. The fraction of sp³-hybridized carbons (Fsp3) is 0.333. The number of hydrogen-bond acceptors (Lipinski definition) is 3. The summed E-state index contributed by atoms with van der Waals surface area (Å²) < 4.78 is 0. The van der Waals surface area contributed by atoms with Crippen LogP contribution in [0.2, 0.25) is 0 Å². The van der Waals surface area contributed by atoms with Crippen LogP contribution in [0.25, 0.3) is 0 Å². The Morgan fingerprint density at radius 1 is 0.886 bits per heavy atom. The van der Waals surface area contributed by atoms with E-state index in [9.17, 15) is 9.59 Å². The van der Waals surface area contributed by atoms with Gasteiger partial charge in [-0.1, -0.05) is 78.4 Å². The van der Waals surface area contributed by atoms with Gasteiger partial charge in [-0.15, -0.1) is 0 Å². The number of amides is 2. The summed E-state index contributed by atoms with van der Waals surface area (Å²) in [7, 11) is 0. The second-order valence-electron chi connectivity index (χ2n) is 9.40. The minimum atomic E-state index is -0.564. The normalized spacial score (nSPS) is 17.4. The van der Waals surface area contributed by atoms with E-state index in [-0.39, 0.29) is 11.8 Å². The quantitative estimate of drug-likeness (QED) is 0.336. The van der Waals surface area contributed by atoms with Gasteiger partial charge in [0.1, 0.15) is 6.04 Å². The molecule has 0 aromatic heterocycles. The molecule has 5 nitrogen and oxygen atoms in total. The first-order valence-corrected chi connectivity index (χ1v) is 12.6. The minimum absolute atomic E-state index is 0.145. The molecule has 0 unspecified atom stereocenters. The fourth-order valence-corrected chi connectivity index (χ4v) is 4.37. The second-order valence-corrected chi connectivity index (χ2v) is 9.40. The molecule has 0 radical (unpaired) electrons. The third-order valence-electron chi connectivity index (χ3n) is 6.59. The number of carbonyl (C=O) groups excluding carboxylic acids is 2. The van der Waals surface area contributed by atoms with Crippen LogP contribution >= 0.6 is 0 Å². The molecule has 1 aliphatic carbocycles. The molecule has 0 heterocycles. The van der Waals surface area contributed by atoms with Gasteiger partial charge in [0.2, 0.25) is 5.91 Å². The van der Waals surface area contributed by atoms with Crippen molar-refractivity contribution < 1.29 is 9.59 Å². The van der Waals surface area contributed by atoms with E-state index in [0.29, 0.717) is 30.5 Å². The Balaban J connectivity index is 1.25. The van der Waals surface area contributed by atoms with Crippen LogP contribution in [0.3, 0.4) is 0 Å². The highest BCUT2D eigenvalue weighted by atomic mass is 16.2. The molecule has 3 aromatic rings. The summed E-state index contributed by atoms with van der Waals surface area (Å²) in [5, 5.41) is 9.59. The van der Waals surface area contributed by atoms with Crippen molar-refractivity contribution in [1.82, 2.24) is 16.0 Å². The van der Waals surface area contributed by atoms with Crippen LogP contribution in [0, 0.1) is 6.92 Å². The standard InChI is InChI=1S/C30H35N3O2/c1-22-15-17-25(18-16-22)29(34)33-27(30(35)32-21-23-10-4-2-5-11-23)14-8-9-19-31-28-20-26(28)24-12-6-3-7-13-24/h2-7,10-13,15-18,26-28,31H,8-9,14,19-21H2,1H3,(H,32,35)(H,33,34)/t26-,27-,28+/m0/s1. The predicted molar refractivity (Wildman–Crippen MR) is 140 cm³/mol. The Hall–Kier alpha value is -3.44. The summed E-state index contributed by atoms with van der Waals surface area (Å²) in [6.07, 6.45) is 3.60. The lowest BCUT2D eigenvalue weighted by molar-refractivity contribution is -0.123. The molecule has 0 aliphatic heterocycles. The molecule has 3 aromatic carbocycles. The Morgan fingerprint density at radius 2 is 1.57 bits per heavy atom. The van der Waals surface area contributed by atoms with Crippen LogP contribution in [0.1, 0.15) is 58.6 Å². The zero-order chi connectivity index (χ0) is 24.5. The van der Waals surface area contributed by atoms with Gasteiger partial charge in [-0.25, -0.2) is 0 Å². The Morgan fingerprint density at radius 3 is 2.29 bits per heavy atom. The Labute approximate surface area is 208 Å². The third-order valence-corrected chi connectivity index (χ3v) is 6.59. The molecule has 3 N–H and O–H groups in total. The van der Waals surface area contributed by atoms with Crippen molar-refractivity contribution in [2.75, 3.05) is 6.54 Å². The molecule has 5 heteroatoms. The van der Waals surface area contributed by atoms with Crippen molar-refractivity contribution in [3.8, 4) is 0 Å². The van der Waals surface area contributed by atoms with Crippen LogP contribution in [0.4, 0.5) is 0 Å². The van der Waals surface area contributed by atoms with Crippen molar-refractivity contribution in [2.24, 2.45) is 0 Å². The average molecular weight is 470 g/mol. The highest BCUT2D eigenvalue weighted by molar-refractivity contribution is 5.97. The highest BCUT2D eigenvalue weighted by Crippen LogP contribution is 2.40. The Bertz CT molecular complexity index is 1080. The van der Waals surface area contributed by atoms with Crippen molar-refractivity contribution >= 4 is 11.8 Å². The van der Waals surface area contributed by atoms with Gasteiger partial charge in [-0.3, -0.25) is 9.59 Å². The van der Waals surface area contributed by atoms with Crippen molar-refractivity contribution in [2.45, 2.75) is 57.2 Å². The molecule has 182 valence electrons. The summed E-state index contributed by atoms with van der Waals surface area (Å²) >= 11 is 0. The van der Waals surface area contributed by atoms with Gasteiger partial charge < -0.3 is 16.0 Å². The first-order chi connectivity index (χ1) is 17.1. The highest BCUT2D eigenvalue weighted by Gasteiger charge is 2.37. The van der Waals surface area contributed by atoms with Gasteiger partial charge in [-0.05, 0) is 62.4 Å². The molecule has 1 saturated carbocycles. The lowest BCUT2D eigenvalue weighted by Gasteiger charge is -2.19. The number of aryl methyl sites for hydroxylation is 1. The predicted octanol–water partition coefficient (Wildman–Crippen LogP) is 4.73. The van der Waals surface area contributed by atoms with E-state index in [0.717, 1.165) is 30.5 Å². The summed E-state index contributed by atoms with van der Waals surface area (Å²) in [5.74, 6) is 0.252. The van der Waals surface area contributed by atoms with E-state index >= 15 is 0 Å². The van der Waals surface area contributed by atoms with Crippen LogP contribution in [0.15, 0.2) is 84.9 Å². The van der Waals surface area contributed by atoms with Gasteiger partial charge in [0.15, 0.2) is 0 Å². The maximum absolute atomic E-state index is 13.0. The lowest BCUT2D eigenvalue weighted by Crippen LogP contribution is -2.46. The summed E-state index contributed by atoms with van der Waals surface area (Å²) in [6, 6.07) is 27.8. The first kappa shape index (κ1) is 24.7. The molecule has 0 spiro atoms. The molecule has 3 atom stereocenters. The minimum Gasteiger partial charge on any atom is -0.350 e. The average Bonchev–Trinajstić information content (AvgIpc) is 3.67. The molecule has 2 amide bonds. The molecule has 35 heavy (non-hydrogen) atoms. The Kier molecular flexibility index (Phi) is 8.68. The largest absolute Gasteiger partial charge is 0.350 e. The molecule has 4 rings (SSSR count). The van der Waals surface area contributed by atoms with Crippen LogP contribution in [0.5, 0.6) is 0 Å². The van der Waals surface area contributed by atoms with Crippen LogP contribution in [-0.2, 0) is 11.3 Å². The van der Waals surface area contributed by atoms with Crippen LogP contribution < -0.4 is 16.0 Å². The fourth-order valence-electron chi connectivity index (χ4n) is 4.37. The smallest absolute Gasteiger partial charge is 0.251 e. The zero-order valence-electron chi connectivity index (χ0n) is 20.4. The molecule has 0 bridgehead atoms. The lowest BCUT2D eigenvalue weighted by atomic mass is 10.1. The number of carbonyl (C=O) groups is 2. The van der Waals surface area contributed by atoms with Gasteiger partial charge in [0.25, 0.3) is 5.91 Å². The third kappa shape index (κ3) is 7.52. The number of nitrogens with one attached hydrogen (secondary N) is 3. The topological polar surface area (TPSA) is 70.2 Å². The van der Waals surface area contributed by atoms with Crippen molar-refractivity contribution in [3.05, 3.63) is 107 Å². The van der Waals surface area contributed by atoms with Gasteiger partial charge in [0, 0.05) is 24.1 Å². The monoisotopic (exact) mass is 469 g/mol.